The lowest BCUT2D eigenvalue weighted by molar-refractivity contribution is -0.150. The molecule has 0 bridgehead atoms. The highest BCUT2D eigenvalue weighted by atomic mass is 16.5. The number of carbonyl (C=O) groups is 1. The lowest BCUT2D eigenvalue weighted by atomic mass is 9.95. The van der Waals surface area contributed by atoms with Crippen molar-refractivity contribution in [1.29, 1.82) is 0 Å². The molecule has 134 valence electrons. The lowest BCUT2D eigenvalue weighted by Gasteiger charge is -2.16. The van der Waals surface area contributed by atoms with Gasteiger partial charge in [0.2, 0.25) is 5.78 Å². The smallest absolute Gasteiger partial charge is 0.309 e. The third-order valence-corrected chi connectivity index (χ3v) is 4.89. The molecule has 0 radical (unpaired) electrons. The molecule has 0 N–H and O–H groups in total. The first kappa shape index (κ1) is 16.5. The maximum absolute atomic E-state index is 12.6. The number of hydrogen-bond acceptors (Lipinski definition) is 5. The predicted molar refractivity (Wildman–Crippen MR) is 96.7 cm³/mol. The number of ether oxygens (including phenoxy) is 1. The molecule has 2 aromatic heterocycles. The highest BCUT2D eigenvalue weighted by molar-refractivity contribution is 5.81. The van der Waals surface area contributed by atoms with E-state index >= 15 is 0 Å². The van der Waals surface area contributed by atoms with Crippen LogP contribution in [0.25, 0.3) is 16.7 Å². The van der Waals surface area contributed by atoms with E-state index < -0.39 is 0 Å². The van der Waals surface area contributed by atoms with E-state index in [0.717, 1.165) is 24.8 Å². The van der Waals surface area contributed by atoms with E-state index in [1.54, 1.807) is 11.4 Å². The van der Waals surface area contributed by atoms with Crippen LogP contribution in [-0.4, -0.2) is 25.1 Å². The summed E-state index contributed by atoms with van der Waals surface area (Å²) in [5.74, 6) is 0.626. The van der Waals surface area contributed by atoms with Gasteiger partial charge < -0.3 is 4.74 Å². The van der Waals surface area contributed by atoms with E-state index in [2.05, 4.69) is 16.3 Å². The quantitative estimate of drug-likeness (QED) is 0.534. The average Bonchev–Trinajstić information content (AvgIpc) is 3.09. The van der Waals surface area contributed by atoms with Crippen LogP contribution in [0.15, 0.2) is 35.1 Å². The molecule has 7 nitrogen and oxygen atoms in total. The number of fused-ring (bicyclic) bond motifs is 3. The fourth-order valence-electron chi connectivity index (χ4n) is 3.41. The van der Waals surface area contributed by atoms with Gasteiger partial charge in [0.25, 0.3) is 5.56 Å². The van der Waals surface area contributed by atoms with Crippen LogP contribution in [-0.2, 0) is 23.2 Å². The largest absolute Gasteiger partial charge is 0.457 e. The second kappa shape index (κ2) is 6.40. The minimum absolute atomic E-state index is 0.0292. The van der Waals surface area contributed by atoms with Gasteiger partial charge in [-0.05, 0) is 38.3 Å². The molecular formula is C19H20N4O3. The fourth-order valence-corrected chi connectivity index (χ4v) is 3.41. The van der Waals surface area contributed by atoms with E-state index in [1.165, 1.54) is 4.57 Å². The minimum Gasteiger partial charge on any atom is -0.457 e. The molecule has 0 saturated carbocycles. The number of carbonyl (C=O) groups excluding carboxylic acids is 1. The maximum atomic E-state index is 12.6. The predicted octanol–water partition coefficient (Wildman–Crippen LogP) is 2.29. The first-order chi connectivity index (χ1) is 12.6. The van der Waals surface area contributed by atoms with Crippen LogP contribution in [0.4, 0.5) is 0 Å². The summed E-state index contributed by atoms with van der Waals surface area (Å²) in [6, 6.07) is 5.66. The zero-order valence-electron chi connectivity index (χ0n) is 14.8. The highest BCUT2D eigenvalue weighted by Crippen LogP contribution is 2.21. The molecule has 1 aliphatic carbocycles. The molecule has 3 aromatic rings. The van der Waals surface area contributed by atoms with Crippen molar-refractivity contribution < 1.29 is 9.53 Å². The van der Waals surface area contributed by atoms with Crippen molar-refractivity contribution >= 4 is 22.6 Å². The van der Waals surface area contributed by atoms with Gasteiger partial charge in [0, 0.05) is 7.05 Å². The van der Waals surface area contributed by atoms with Gasteiger partial charge in [-0.25, -0.2) is 0 Å². The van der Waals surface area contributed by atoms with Gasteiger partial charge in [-0.3, -0.25) is 18.6 Å². The van der Waals surface area contributed by atoms with Crippen LogP contribution < -0.4 is 5.56 Å². The average molecular weight is 352 g/mol. The van der Waals surface area contributed by atoms with Crippen molar-refractivity contribution in [2.45, 2.75) is 32.8 Å². The molecule has 2 heterocycles. The summed E-state index contributed by atoms with van der Waals surface area (Å²) in [4.78, 5) is 24.9. The Balaban J connectivity index is 1.72. The molecule has 1 aromatic carbocycles. The van der Waals surface area contributed by atoms with Gasteiger partial charge >= 0.3 is 5.97 Å². The van der Waals surface area contributed by atoms with Crippen molar-refractivity contribution in [3.63, 3.8) is 0 Å². The molecule has 0 aliphatic heterocycles. The van der Waals surface area contributed by atoms with E-state index in [0.29, 0.717) is 22.5 Å². The fraction of sp³-hybridized carbons (Fsp3) is 0.368. The number of aryl methyl sites for hydroxylation is 2. The van der Waals surface area contributed by atoms with Crippen molar-refractivity contribution in [2.24, 2.45) is 13.0 Å². The SMILES string of the molecule is Cc1ccc2c(c1)c(=O)n(C)c1nnc(COC(=O)C3CC=CCC3)n21. The molecule has 0 spiro atoms. The molecule has 7 heteroatoms. The van der Waals surface area contributed by atoms with Gasteiger partial charge in [0.1, 0.15) is 0 Å². The zero-order valence-corrected chi connectivity index (χ0v) is 14.8. The van der Waals surface area contributed by atoms with Crippen LogP contribution in [0.2, 0.25) is 0 Å². The normalized spacial score (nSPS) is 17.1. The Kier molecular flexibility index (Phi) is 4.06. The monoisotopic (exact) mass is 352 g/mol. The van der Waals surface area contributed by atoms with Crippen LogP contribution in [0.1, 0.15) is 30.7 Å². The number of aromatic nitrogens is 4. The topological polar surface area (TPSA) is 78.5 Å². The molecular weight excluding hydrogens is 332 g/mol. The van der Waals surface area contributed by atoms with Gasteiger partial charge in [-0.1, -0.05) is 23.8 Å². The number of esters is 1. The zero-order chi connectivity index (χ0) is 18.3. The molecule has 26 heavy (non-hydrogen) atoms. The Morgan fingerprint density at radius 1 is 1.31 bits per heavy atom. The summed E-state index contributed by atoms with van der Waals surface area (Å²) in [5, 5.41) is 8.85. The first-order valence-electron chi connectivity index (χ1n) is 8.71. The van der Waals surface area contributed by atoms with Crippen LogP contribution in [0, 0.1) is 12.8 Å². The Labute approximate surface area is 149 Å². The second-order valence-corrected chi connectivity index (χ2v) is 6.73. The van der Waals surface area contributed by atoms with Gasteiger partial charge in [0.05, 0.1) is 16.8 Å². The summed E-state index contributed by atoms with van der Waals surface area (Å²) in [5.41, 5.74) is 1.59. The Bertz CT molecular complexity index is 1090. The second-order valence-electron chi connectivity index (χ2n) is 6.73. The molecule has 0 amide bonds. The van der Waals surface area contributed by atoms with Crippen LogP contribution in [0.5, 0.6) is 0 Å². The first-order valence-corrected chi connectivity index (χ1v) is 8.71. The van der Waals surface area contributed by atoms with Gasteiger partial charge in [0.15, 0.2) is 12.4 Å². The van der Waals surface area contributed by atoms with Gasteiger partial charge in [-0.15, -0.1) is 10.2 Å². The Morgan fingerprint density at radius 3 is 2.92 bits per heavy atom. The number of benzene rings is 1. The summed E-state index contributed by atoms with van der Waals surface area (Å²) in [6.07, 6.45) is 6.54. The van der Waals surface area contributed by atoms with Gasteiger partial charge in [-0.2, -0.15) is 0 Å². The third-order valence-electron chi connectivity index (χ3n) is 4.89. The molecule has 1 atom stereocenters. The molecule has 1 unspecified atom stereocenters. The molecule has 0 fully saturated rings. The van der Waals surface area contributed by atoms with Crippen LogP contribution >= 0.6 is 0 Å². The summed E-state index contributed by atoms with van der Waals surface area (Å²) in [6.45, 7) is 1.97. The van der Waals surface area contributed by atoms with E-state index in [9.17, 15) is 9.59 Å². The molecule has 0 saturated heterocycles. The number of allylic oxidation sites excluding steroid dienone is 2. The number of nitrogens with zero attached hydrogens (tertiary/aromatic N) is 4. The number of rotatable bonds is 3. The Hall–Kier alpha value is -2.96. The maximum Gasteiger partial charge on any atom is 0.309 e. The minimum atomic E-state index is -0.212. The molecule has 4 rings (SSSR count). The number of hydrogen-bond donors (Lipinski definition) is 0. The van der Waals surface area contributed by atoms with E-state index in [-0.39, 0.29) is 24.1 Å². The highest BCUT2D eigenvalue weighted by Gasteiger charge is 2.22. The van der Waals surface area contributed by atoms with Crippen molar-refractivity contribution in [3.05, 3.63) is 52.1 Å². The summed E-state index contributed by atoms with van der Waals surface area (Å²) >= 11 is 0. The third kappa shape index (κ3) is 2.69. The standard InChI is InChI=1S/C19H20N4O3/c1-12-8-9-15-14(10-12)17(24)22(2)19-21-20-16(23(15)19)11-26-18(25)13-6-4-3-5-7-13/h3-4,8-10,13H,5-7,11H2,1-2H3. The van der Waals surface area contributed by atoms with E-state index in [1.807, 2.05) is 31.2 Å². The Morgan fingerprint density at radius 2 is 2.15 bits per heavy atom. The van der Waals surface area contributed by atoms with Crippen LogP contribution in [0.3, 0.4) is 0 Å². The lowest BCUT2D eigenvalue weighted by Crippen LogP contribution is -2.21. The van der Waals surface area contributed by atoms with Crippen molar-refractivity contribution in [1.82, 2.24) is 19.2 Å². The van der Waals surface area contributed by atoms with Crippen molar-refractivity contribution in [3.8, 4) is 0 Å². The van der Waals surface area contributed by atoms with Crippen molar-refractivity contribution in [2.75, 3.05) is 0 Å². The molecule has 1 aliphatic rings. The summed E-state index contributed by atoms with van der Waals surface area (Å²) < 4.78 is 8.74. The summed E-state index contributed by atoms with van der Waals surface area (Å²) in [7, 11) is 1.66. The van der Waals surface area contributed by atoms with E-state index in [4.69, 9.17) is 4.74 Å².